The van der Waals surface area contributed by atoms with Crippen LogP contribution in [0.4, 0.5) is 5.69 Å². The lowest BCUT2D eigenvalue weighted by Crippen LogP contribution is -2.12. The molecule has 0 aromatic heterocycles. The van der Waals surface area contributed by atoms with E-state index in [0.29, 0.717) is 6.61 Å². The van der Waals surface area contributed by atoms with Crippen LogP contribution < -0.4 is 10.1 Å². The summed E-state index contributed by atoms with van der Waals surface area (Å²) in [6.45, 7) is 2.61. The number of hydrogen-bond donors (Lipinski definition) is 1. The van der Waals surface area contributed by atoms with E-state index in [1.54, 1.807) is 0 Å². The first-order valence-corrected chi connectivity index (χ1v) is 5.33. The van der Waals surface area contributed by atoms with Crippen molar-refractivity contribution in [2.24, 2.45) is 5.92 Å². The number of carbonyl (C=O) groups excluding carboxylic acids is 1. The zero-order valence-electron chi connectivity index (χ0n) is 8.82. The van der Waals surface area contributed by atoms with E-state index in [1.165, 1.54) is 0 Å². The number of amides is 1. The predicted molar refractivity (Wildman–Crippen MR) is 59.0 cm³/mol. The molecule has 0 aliphatic heterocycles. The molecule has 1 aliphatic carbocycles. The summed E-state index contributed by atoms with van der Waals surface area (Å²) in [6, 6.07) is 7.47. The number of nitrogens with one attached hydrogen (secondary N) is 1. The first kappa shape index (κ1) is 10.0. The lowest BCUT2D eigenvalue weighted by Gasteiger charge is -2.06. The molecule has 1 N–H and O–H groups in total. The molecule has 0 heterocycles. The Bertz CT molecular complexity index is 341. The van der Waals surface area contributed by atoms with Crippen molar-refractivity contribution >= 4 is 11.6 Å². The van der Waals surface area contributed by atoms with Gasteiger partial charge < -0.3 is 10.1 Å². The van der Waals surface area contributed by atoms with Crippen molar-refractivity contribution in [3.8, 4) is 5.75 Å². The van der Waals surface area contributed by atoms with Crippen LogP contribution in [-0.4, -0.2) is 12.5 Å². The van der Waals surface area contributed by atoms with Gasteiger partial charge in [0.1, 0.15) is 5.75 Å². The van der Waals surface area contributed by atoms with Crippen LogP contribution in [0.25, 0.3) is 0 Å². The molecular formula is C12H15NO2. The fourth-order valence-corrected chi connectivity index (χ4v) is 1.39. The molecule has 1 aromatic carbocycles. The van der Waals surface area contributed by atoms with E-state index in [2.05, 4.69) is 5.32 Å². The molecule has 0 radical (unpaired) electrons. The SMILES string of the molecule is CCOc1ccc(NC(=O)C2CC2)cc1. The monoisotopic (exact) mass is 205 g/mol. The highest BCUT2D eigenvalue weighted by atomic mass is 16.5. The summed E-state index contributed by atoms with van der Waals surface area (Å²) in [7, 11) is 0. The van der Waals surface area contributed by atoms with Gasteiger partial charge in [-0.3, -0.25) is 4.79 Å². The Hall–Kier alpha value is -1.51. The maximum Gasteiger partial charge on any atom is 0.227 e. The molecule has 1 aliphatic rings. The van der Waals surface area contributed by atoms with Crippen LogP contribution in [0.1, 0.15) is 19.8 Å². The second kappa shape index (κ2) is 4.34. The highest BCUT2D eigenvalue weighted by Crippen LogP contribution is 2.30. The molecule has 1 fully saturated rings. The van der Waals surface area contributed by atoms with E-state index >= 15 is 0 Å². The van der Waals surface area contributed by atoms with Gasteiger partial charge >= 0.3 is 0 Å². The van der Waals surface area contributed by atoms with Crippen molar-refractivity contribution in [2.75, 3.05) is 11.9 Å². The van der Waals surface area contributed by atoms with Crippen LogP contribution >= 0.6 is 0 Å². The van der Waals surface area contributed by atoms with E-state index < -0.39 is 0 Å². The second-order valence-electron chi connectivity index (χ2n) is 3.72. The Balaban J connectivity index is 1.94. The standard InChI is InChI=1S/C12H15NO2/c1-2-15-11-7-5-10(6-8-11)13-12(14)9-3-4-9/h5-9H,2-4H2,1H3,(H,13,14). The van der Waals surface area contributed by atoms with Gasteiger partial charge in [0.15, 0.2) is 0 Å². The number of carbonyl (C=O) groups is 1. The van der Waals surface area contributed by atoms with Crippen molar-refractivity contribution < 1.29 is 9.53 Å². The van der Waals surface area contributed by atoms with Gasteiger partial charge in [-0.05, 0) is 44.0 Å². The van der Waals surface area contributed by atoms with Crippen molar-refractivity contribution in [2.45, 2.75) is 19.8 Å². The summed E-state index contributed by atoms with van der Waals surface area (Å²) in [4.78, 5) is 11.4. The number of anilines is 1. The van der Waals surface area contributed by atoms with Gasteiger partial charge in [-0.15, -0.1) is 0 Å². The average Bonchev–Trinajstić information content (AvgIpc) is 3.04. The van der Waals surface area contributed by atoms with Crippen LogP contribution in [0.3, 0.4) is 0 Å². The fourth-order valence-electron chi connectivity index (χ4n) is 1.39. The van der Waals surface area contributed by atoms with Gasteiger partial charge in [0.05, 0.1) is 6.61 Å². The molecule has 2 rings (SSSR count). The molecule has 15 heavy (non-hydrogen) atoms. The van der Waals surface area contributed by atoms with E-state index in [0.717, 1.165) is 24.3 Å². The predicted octanol–water partition coefficient (Wildman–Crippen LogP) is 2.43. The Morgan fingerprint density at radius 2 is 2.07 bits per heavy atom. The summed E-state index contributed by atoms with van der Waals surface area (Å²) in [6.07, 6.45) is 2.06. The highest BCUT2D eigenvalue weighted by molar-refractivity contribution is 5.94. The maximum absolute atomic E-state index is 11.4. The number of rotatable bonds is 4. The smallest absolute Gasteiger partial charge is 0.227 e. The summed E-state index contributed by atoms with van der Waals surface area (Å²) in [5, 5.41) is 2.88. The topological polar surface area (TPSA) is 38.3 Å². The Labute approximate surface area is 89.4 Å². The Morgan fingerprint density at radius 3 is 2.60 bits per heavy atom. The summed E-state index contributed by atoms with van der Waals surface area (Å²) >= 11 is 0. The first-order valence-electron chi connectivity index (χ1n) is 5.33. The number of benzene rings is 1. The molecule has 1 saturated carbocycles. The van der Waals surface area contributed by atoms with Crippen molar-refractivity contribution in [3.63, 3.8) is 0 Å². The van der Waals surface area contributed by atoms with Gasteiger partial charge in [-0.25, -0.2) is 0 Å². The molecule has 1 amide bonds. The van der Waals surface area contributed by atoms with Gasteiger partial charge in [0, 0.05) is 11.6 Å². The van der Waals surface area contributed by atoms with Crippen LogP contribution in [0, 0.1) is 5.92 Å². The molecule has 1 aromatic rings. The van der Waals surface area contributed by atoms with Crippen molar-refractivity contribution in [1.82, 2.24) is 0 Å². The zero-order chi connectivity index (χ0) is 10.7. The molecule has 3 nitrogen and oxygen atoms in total. The molecule has 0 saturated heterocycles. The first-order chi connectivity index (χ1) is 7.29. The third-order valence-corrected chi connectivity index (χ3v) is 2.38. The molecule has 3 heteroatoms. The third kappa shape index (κ3) is 2.72. The van der Waals surface area contributed by atoms with Gasteiger partial charge in [0.2, 0.25) is 5.91 Å². The minimum Gasteiger partial charge on any atom is -0.494 e. The molecule has 0 bridgehead atoms. The average molecular weight is 205 g/mol. The summed E-state index contributed by atoms with van der Waals surface area (Å²) in [5.41, 5.74) is 0.843. The molecule has 80 valence electrons. The highest BCUT2D eigenvalue weighted by Gasteiger charge is 2.29. The van der Waals surface area contributed by atoms with E-state index in [9.17, 15) is 4.79 Å². The normalized spacial score (nSPS) is 14.7. The largest absolute Gasteiger partial charge is 0.494 e. The van der Waals surface area contributed by atoms with Gasteiger partial charge in [-0.1, -0.05) is 0 Å². The Morgan fingerprint density at radius 1 is 1.40 bits per heavy atom. The molecule has 0 atom stereocenters. The maximum atomic E-state index is 11.4. The lowest BCUT2D eigenvalue weighted by atomic mass is 10.3. The minimum absolute atomic E-state index is 0.138. The molecule has 0 spiro atoms. The van der Waals surface area contributed by atoms with Crippen LogP contribution in [0.5, 0.6) is 5.75 Å². The number of hydrogen-bond acceptors (Lipinski definition) is 2. The van der Waals surface area contributed by atoms with Crippen molar-refractivity contribution in [1.29, 1.82) is 0 Å². The van der Waals surface area contributed by atoms with E-state index in [1.807, 2.05) is 31.2 Å². The van der Waals surface area contributed by atoms with E-state index in [-0.39, 0.29) is 11.8 Å². The fraction of sp³-hybridized carbons (Fsp3) is 0.417. The second-order valence-corrected chi connectivity index (χ2v) is 3.72. The Kier molecular flexibility index (Phi) is 2.90. The van der Waals surface area contributed by atoms with Gasteiger partial charge in [-0.2, -0.15) is 0 Å². The summed E-state index contributed by atoms with van der Waals surface area (Å²) < 4.78 is 5.31. The quantitative estimate of drug-likeness (QED) is 0.819. The van der Waals surface area contributed by atoms with Crippen LogP contribution in [-0.2, 0) is 4.79 Å². The lowest BCUT2D eigenvalue weighted by molar-refractivity contribution is -0.117. The van der Waals surface area contributed by atoms with Crippen LogP contribution in [0.2, 0.25) is 0 Å². The van der Waals surface area contributed by atoms with Crippen LogP contribution in [0.15, 0.2) is 24.3 Å². The number of ether oxygens (including phenoxy) is 1. The third-order valence-electron chi connectivity index (χ3n) is 2.38. The van der Waals surface area contributed by atoms with E-state index in [4.69, 9.17) is 4.74 Å². The van der Waals surface area contributed by atoms with Gasteiger partial charge in [0.25, 0.3) is 0 Å². The van der Waals surface area contributed by atoms with Crippen molar-refractivity contribution in [3.05, 3.63) is 24.3 Å². The zero-order valence-corrected chi connectivity index (χ0v) is 8.82. The minimum atomic E-state index is 0.138. The summed E-state index contributed by atoms with van der Waals surface area (Å²) in [5.74, 6) is 1.22. The molecule has 0 unspecified atom stereocenters. The molecular weight excluding hydrogens is 190 g/mol.